The van der Waals surface area contributed by atoms with E-state index in [1.807, 2.05) is 53.1 Å². The monoisotopic (exact) mass is 429 g/mol. The zero-order valence-electron chi connectivity index (χ0n) is 17.7. The zero-order chi connectivity index (χ0) is 22.1. The maximum absolute atomic E-state index is 13.3. The number of amides is 1. The molecule has 162 valence electrons. The average Bonchev–Trinajstić information content (AvgIpc) is 3.23. The Hall–Kier alpha value is -4.01. The molecular weight excluding hydrogens is 406 g/mol. The van der Waals surface area contributed by atoms with Gasteiger partial charge in [-0.25, -0.2) is 4.98 Å². The Balaban J connectivity index is 1.37. The highest BCUT2D eigenvalue weighted by atomic mass is 16.2. The van der Waals surface area contributed by atoms with E-state index in [4.69, 9.17) is 0 Å². The van der Waals surface area contributed by atoms with Crippen LogP contribution in [0.2, 0.25) is 0 Å². The summed E-state index contributed by atoms with van der Waals surface area (Å²) < 4.78 is 0. The van der Waals surface area contributed by atoms with Crippen molar-refractivity contribution in [3.8, 4) is 5.69 Å². The first-order valence-corrected chi connectivity index (χ1v) is 10.6. The third kappa shape index (κ3) is 3.73. The van der Waals surface area contributed by atoms with Crippen LogP contribution in [-0.4, -0.2) is 61.9 Å². The minimum atomic E-state index is -0.147. The number of aryl methyl sites for hydroxylation is 1. The normalized spacial score (nSPS) is 14.5. The van der Waals surface area contributed by atoms with E-state index < -0.39 is 0 Å². The number of para-hydroxylation sites is 1. The van der Waals surface area contributed by atoms with Gasteiger partial charge in [0.15, 0.2) is 0 Å². The van der Waals surface area contributed by atoms with Gasteiger partial charge in [-0.2, -0.15) is 15.0 Å². The number of benzene rings is 2. The highest BCUT2D eigenvalue weighted by Crippen LogP contribution is 2.19. The molecule has 1 saturated heterocycles. The van der Waals surface area contributed by atoms with Gasteiger partial charge in [-0.3, -0.25) is 14.6 Å². The van der Waals surface area contributed by atoms with Crippen molar-refractivity contribution in [3.05, 3.63) is 76.3 Å². The lowest BCUT2D eigenvalue weighted by molar-refractivity contribution is 0.0766. The lowest BCUT2D eigenvalue weighted by Gasteiger charge is -2.23. The summed E-state index contributed by atoms with van der Waals surface area (Å²) in [4.78, 5) is 38.8. The minimum Gasteiger partial charge on any atom is -0.340 e. The fourth-order valence-electron chi connectivity index (χ4n) is 4.06. The summed E-state index contributed by atoms with van der Waals surface area (Å²) in [5, 5.41) is 8.92. The summed E-state index contributed by atoms with van der Waals surface area (Å²) in [7, 11) is 0. The van der Waals surface area contributed by atoms with Crippen LogP contribution in [0, 0.1) is 6.92 Å². The molecule has 9 heteroatoms. The number of rotatable bonds is 3. The molecule has 4 aromatic rings. The summed E-state index contributed by atoms with van der Waals surface area (Å²) >= 11 is 0. The molecular formula is C23H23N7O2. The summed E-state index contributed by atoms with van der Waals surface area (Å²) in [6, 6.07) is 13.0. The highest BCUT2D eigenvalue weighted by Gasteiger charge is 2.24. The Labute approximate surface area is 184 Å². The van der Waals surface area contributed by atoms with Gasteiger partial charge in [0.05, 0.1) is 34.5 Å². The van der Waals surface area contributed by atoms with Gasteiger partial charge in [0.25, 0.3) is 11.5 Å². The summed E-state index contributed by atoms with van der Waals surface area (Å²) in [5.41, 5.74) is 2.76. The molecule has 1 aliphatic rings. The Morgan fingerprint density at radius 2 is 1.81 bits per heavy atom. The van der Waals surface area contributed by atoms with E-state index in [1.165, 1.54) is 4.80 Å². The van der Waals surface area contributed by atoms with Gasteiger partial charge >= 0.3 is 0 Å². The molecule has 32 heavy (non-hydrogen) atoms. The summed E-state index contributed by atoms with van der Waals surface area (Å²) in [6.07, 6.45) is 3.94. The van der Waals surface area contributed by atoms with Crippen LogP contribution in [0.3, 0.4) is 0 Å². The van der Waals surface area contributed by atoms with Gasteiger partial charge in [0.2, 0.25) is 5.95 Å². The van der Waals surface area contributed by atoms with Crippen LogP contribution >= 0.6 is 0 Å². The maximum Gasteiger partial charge on any atom is 0.260 e. The van der Waals surface area contributed by atoms with Crippen LogP contribution in [-0.2, 0) is 0 Å². The first-order chi connectivity index (χ1) is 15.6. The molecule has 1 fully saturated rings. The Morgan fingerprint density at radius 1 is 1.00 bits per heavy atom. The lowest BCUT2D eigenvalue weighted by atomic mass is 10.1. The molecule has 0 spiro atoms. The molecule has 5 rings (SSSR count). The molecule has 2 aromatic carbocycles. The van der Waals surface area contributed by atoms with Gasteiger partial charge in [0, 0.05) is 26.2 Å². The van der Waals surface area contributed by atoms with Gasteiger partial charge in [0.1, 0.15) is 0 Å². The second kappa shape index (κ2) is 8.26. The van der Waals surface area contributed by atoms with Crippen molar-refractivity contribution < 1.29 is 4.79 Å². The van der Waals surface area contributed by atoms with Crippen LogP contribution < -0.4 is 10.5 Å². The number of carbonyl (C=O) groups excluding carboxylic acids is 1. The number of nitrogens with one attached hydrogen (secondary N) is 1. The third-order valence-corrected chi connectivity index (χ3v) is 5.70. The number of nitrogens with zero attached hydrogens (tertiary/aromatic N) is 6. The zero-order valence-corrected chi connectivity index (χ0v) is 17.7. The van der Waals surface area contributed by atoms with E-state index in [9.17, 15) is 9.59 Å². The predicted molar refractivity (Wildman–Crippen MR) is 121 cm³/mol. The average molecular weight is 429 g/mol. The molecule has 1 amide bonds. The van der Waals surface area contributed by atoms with Crippen molar-refractivity contribution in [2.75, 3.05) is 31.1 Å². The second-order valence-corrected chi connectivity index (χ2v) is 7.88. The maximum atomic E-state index is 13.3. The molecule has 2 aromatic heterocycles. The molecule has 3 heterocycles. The number of carbonyl (C=O) groups is 1. The molecule has 0 saturated carbocycles. The van der Waals surface area contributed by atoms with E-state index in [-0.39, 0.29) is 11.5 Å². The first kappa shape index (κ1) is 19.9. The van der Waals surface area contributed by atoms with Crippen molar-refractivity contribution >= 4 is 22.8 Å². The van der Waals surface area contributed by atoms with E-state index in [0.717, 1.165) is 12.0 Å². The smallest absolute Gasteiger partial charge is 0.260 e. The van der Waals surface area contributed by atoms with Crippen LogP contribution in [0.5, 0.6) is 0 Å². The van der Waals surface area contributed by atoms with Crippen LogP contribution in [0.1, 0.15) is 22.3 Å². The fourth-order valence-corrected chi connectivity index (χ4v) is 4.06. The lowest BCUT2D eigenvalue weighted by Crippen LogP contribution is -2.36. The van der Waals surface area contributed by atoms with Gasteiger partial charge in [-0.1, -0.05) is 23.8 Å². The molecule has 1 aliphatic heterocycles. The van der Waals surface area contributed by atoms with Gasteiger partial charge in [-0.05, 0) is 37.6 Å². The van der Waals surface area contributed by atoms with Crippen molar-refractivity contribution in [1.29, 1.82) is 0 Å². The SMILES string of the molecule is Cc1ccc2nc(N3CCCN(C(=O)c4ccccc4-n4nccn4)CC3)[nH]c(=O)c2c1. The molecule has 0 atom stereocenters. The number of anilines is 1. The van der Waals surface area contributed by atoms with Crippen molar-refractivity contribution in [2.24, 2.45) is 0 Å². The van der Waals surface area contributed by atoms with Gasteiger partial charge < -0.3 is 9.80 Å². The van der Waals surface area contributed by atoms with Crippen molar-refractivity contribution in [3.63, 3.8) is 0 Å². The van der Waals surface area contributed by atoms with Crippen LogP contribution in [0.25, 0.3) is 16.6 Å². The summed E-state index contributed by atoms with van der Waals surface area (Å²) in [6.45, 7) is 4.37. The van der Waals surface area contributed by atoms with Gasteiger partial charge in [-0.15, -0.1) is 0 Å². The van der Waals surface area contributed by atoms with Crippen LogP contribution in [0.4, 0.5) is 5.95 Å². The second-order valence-electron chi connectivity index (χ2n) is 7.88. The molecule has 0 unspecified atom stereocenters. The largest absolute Gasteiger partial charge is 0.340 e. The predicted octanol–water partition coefficient (Wildman–Crippen LogP) is 2.16. The molecule has 9 nitrogen and oxygen atoms in total. The third-order valence-electron chi connectivity index (χ3n) is 5.70. The number of hydrogen-bond acceptors (Lipinski definition) is 6. The molecule has 0 radical (unpaired) electrons. The van der Waals surface area contributed by atoms with Crippen LogP contribution in [0.15, 0.2) is 59.7 Å². The number of hydrogen-bond donors (Lipinski definition) is 1. The van der Waals surface area contributed by atoms with E-state index in [2.05, 4.69) is 20.2 Å². The molecule has 1 N–H and O–H groups in total. The first-order valence-electron chi connectivity index (χ1n) is 10.6. The van der Waals surface area contributed by atoms with Crippen molar-refractivity contribution in [2.45, 2.75) is 13.3 Å². The standard InChI is InChI=1S/C23H23N7O2/c1-16-7-8-19-18(15-16)21(31)27-23(26-19)29-12-4-11-28(13-14-29)22(32)17-5-2-3-6-20(17)30-24-9-10-25-30/h2-3,5-10,15H,4,11-14H2,1H3,(H,26,27,31). The number of H-pyrrole nitrogens is 1. The van der Waals surface area contributed by atoms with Crippen molar-refractivity contribution in [1.82, 2.24) is 29.9 Å². The quantitative estimate of drug-likeness (QED) is 0.536. The fraction of sp³-hybridized carbons (Fsp3) is 0.261. The number of fused-ring (bicyclic) bond motifs is 1. The Bertz CT molecular complexity index is 1330. The summed E-state index contributed by atoms with van der Waals surface area (Å²) in [5.74, 6) is 0.483. The topological polar surface area (TPSA) is 100 Å². The minimum absolute atomic E-state index is 0.0600. The Morgan fingerprint density at radius 3 is 2.66 bits per heavy atom. The number of aromatic amines is 1. The van der Waals surface area contributed by atoms with E-state index in [1.54, 1.807) is 18.5 Å². The van der Waals surface area contributed by atoms with E-state index in [0.29, 0.717) is 54.3 Å². The molecule has 0 aliphatic carbocycles. The Kier molecular flexibility index (Phi) is 5.14. The number of aromatic nitrogens is 5. The highest BCUT2D eigenvalue weighted by molar-refractivity contribution is 5.97. The molecule has 0 bridgehead atoms. The van der Waals surface area contributed by atoms with E-state index >= 15 is 0 Å².